The van der Waals surface area contributed by atoms with E-state index in [0.29, 0.717) is 6.07 Å². The zero-order valence-corrected chi connectivity index (χ0v) is 18.7. The molecular weight excluding hydrogens is 481 g/mol. The third-order valence-corrected chi connectivity index (χ3v) is 6.94. The van der Waals surface area contributed by atoms with Crippen LogP contribution in [-0.2, 0) is 10.0 Å². The van der Waals surface area contributed by atoms with Crippen LogP contribution in [0.25, 0.3) is 0 Å². The number of halogens is 4. The molecule has 0 spiro atoms. The van der Waals surface area contributed by atoms with Gasteiger partial charge in [-0.15, -0.1) is 6.58 Å². The minimum atomic E-state index is -4.27. The van der Waals surface area contributed by atoms with Gasteiger partial charge in [-0.1, -0.05) is 41.4 Å². The van der Waals surface area contributed by atoms with Gasteiger partial charge in [0.05, 0.1) is 28.0 Å². The molecule has 0 radical (unpaired) electrons. The minimum absolute atomic E-state index is 0.102. The third kappa shape index (κ3) is 4.93. The predicted molar refractivity (Wildman–Crippen MR) is 122 cm³/mol. The van der Waals surface area contributed by atoms with E-state index in [9.17, 15) is 22.0 Å². The summed E-state index contributed by atoms with van der Waals surface area (Å²) >= 11 is 12.3. The Hall–Kier alpha value is -2.94. The van der Waals surface area contributed by atoms with Gasteiger partial charge in [-0.25, -0.2) is 17.2 Å². The second kappa shape index (κ2) is 9.68. The molecule has 166 valence electrons. The molecule has 1 N–H and O–H groups in total. The summed E-state index contributed by atoms with van der Waals surface area (Å²) in [5, 5.41) is 2.34. The summed E-state index contributed by atoms with van der Waals surface area (Å²) in [4.78, 5) is 12.2. The molecule has 1 amide bonds. The highest BCUT2D eigenvalue weighted by atomic mass is 35.5. The number of carbonyl (C=O) groups excluding carboxylic acids is 1. The molecule has 0 unspecified atom stereocenters. The van der Waals surface area contributed by atoms with Crippen LogP contribution in [0.5, 0.6) is 0 Å². The Morgan fingerprint density at radius 1 is 1.03 bits per heavy atom. The summed E-state index contributed by atoms with van der Waals surface area (Å²) in [5.74, 6) is -2.59. The van der Waals surface area contributed by atoms with Gasteiger partial charge in [0, 0.05) is 11.6 Å². The Morgan fingerprint density at radius 3 is 2.41 bits per heavy atom. The first kappa shape index (κ1) is 23.7. The minimum Gasteiger partial charge on any atom is -0.319 e. The topological polar surface area (TPSA) is 66.5 Å². The first-order chi connectivity index (χ1) is 15.1. The summed E-state index contributed by atoms with van der Waals surface area (Å²) in [6, 6.07) is 12.6. The summed E-state index contributed by atoms with van der Waals surface area (Å²) in [6.07, 6.45) is 1.38. The fourth-order valence-electron chi connectivity index (χ4n) is 2.84. The van der Waals surface area contributed by atoms with E-state index < -0.39 is 27.6 Å². The number of hydrogen-bond acceptors (Lipinski definition) is 3. The van der Waals surface area contributed by atoms with Crippen molar-refractivity contribution in [2.45, 2.75) is 4.90 Å². The maximum absolute atomic E-state index is 13.9. The average molecular weight is 497 g/mol. The zero-order chi connectivity index (χ0) is 23.5. The number of para-hydroxylation sites is 1. The van der Waals surface area contributed by atoms with Gasteiger partial charge in [-0.05, 0) is 42.5 Å². The predicted octanol–water partition coefficient (Wildman–Crippen LogP) is 5.91. The maximum Gasteiger partial charge on any atom is 0.266 e. The number of hydrogen-bond donors (Lipinski definition) is 1. The van der Waals surface area contributed by atoms with Crippen LogP contribution in [0.15, 0.2) is 78.2 Å². The van der Waals surface area contributed by atoms with E-state index >= 15 is 0 Å². The fourth-order valence-corrected chi connectivity index (χ4v) is 5.09. The van der Waals surface area contributed by atoms with Crippen LogP contribution in [0, 0.1) is 11.6 Å². The Bertz CT molecular complexity index is 1300. The van der Waals surface area contributed by atoms with Crippen molar-refractivity contribution in [3.8, 4) is 0 Å². The highest BCUT2D eigenvalue weighted by molar-refractivity contribution is 7.93. The summed E-state index contributed by atoms with van der Waals surface area (Å²) in [6.45, 7) is 3.47. The molecule has 3 aromatic rings. The second-order valence-electron chi connectivity index (χ2n) is 6.50. The van der Waals surface area contributed by atoms with E-state index in [1.807, 2.05) is 0 Å². The van der Waals surface area contributed by atoms with Gasteiger partial charge in [0.25, 0.3) is 15.9 Å². The van der Waals surface area contributed by atoms with Crippen LogP contribution in [0.4, 0.5) is 20.2 Å². The molecule has 10 heteroatoms. The lowest BCUT2D eigenvalue weighted by atomic mass is 10.2. The van der Waals surface area contributed by atoms with Gasteiger partial charge in [0.1, 0.15) is 16.5 Å². The maximum atomic E-state index is 13.9. The van der Waals surface area contributed by atoms with Crippen molar-refractivity contribution in [3.05, 3.63) is 101 Å². The van der Waals surface area contributed by atoms with Crippen molar-refractivity contribution < 1.29 is 22.0 Å². The zero-order valence-electron chi connectivity index (χ0n) is 16.4. The lowest BCUT2D eigenvalue weighted by Crippen LogP contribution is -2.32. The Labute approximate surface area is 193 Å². The fraction of sp³-hybridized carbons (Fsp3) is 0.0455. The second-order valence-corrected chi connectivity index (χ2v) is 9.14. The van der Waals surface area contributed by atoms with Gasteiger partial charge in [0.2, 0.25) is 0 Å². The SMILES string of the molecule is C=CCN(c1ccccc1Cl)S(=O)(=O)c1cc(C(=O)Nc2ccc(F)cc2F)ccc1Cl. The Morgan fingerprint density at radius 2 is 1.75 bits per heavy atom. The molecule has 0 aromatic heterocycles. The normalized spacial score (nSPS) is 11.1. The molecule has 3 rings (SSSR count). The number of rotatable bonds is 7. The summed E-state index contributed by atoms with van der Waals surface area (Å²) in [7, 11) is -4.27. The molecule has 0 heterocycles. The van der Waals surface area contributed by atoms with Crippen LogP contribution >= 0.6 is 23.2 Å². The van der Waals surface area contributed by atoms with Crippen molar-refractivity contribution in [2.24, 2.45) is 0 Å². The van der Waals surface area contributed by atoms with Crippen LogP contribution in [0.1, 0.15) is 10.4 Å². The van der Waals surface area contributed by atoms with Crippen molar-refractivity contribution in [1.29, 1.82) is 0 Å². The highest BCUT2D eigenvalue weighted by Gasteiger charge is 2.29. The third-order valence-electron chi connectivity index (χ3n) is 4.36. The molecule has 32 heavy (non-hydrogen) atoms. The van der Waals surface area contributed by atoms with Gasteiger partial charge in [-0.3, -0.25) is 9.10 Å². The number of sulfonamides is 1. The van der Waals surface area contributed by atoms with E-state index in [1.54, 1.807) is 12.1 Å². The van der Waals surface area contributed by atoms with Crippen molar-refractivity contribution in [2.75, 3.05) is 16.2 Å². The molecule has 0 aliphatic rings. The molecule has 3 aromatic carbocycles. The molecule has 0 fully saturated rings. The highest BCUT2D eigenvalue weighted by Crippen LogP contribution is 2.33. The van der Waals surface area contributed by atoms with E-state index in [-0.39, 0.29) is 38.4 Å². The lowest BCUT2D eigenvalue weighted by molar-refractivity contribution is 0.102. The van der Waals surface area contributed by atoms with Crippen molar-refractivity contribution in [1.82, 2.24) is 0 Å². The Kier molecular flexibility index (Phi) is 7.18. The molecule has 0 saturated carbocycles. The molecule has 0 aliphatic carbocycles. The summed E-state index contributed by atoms with van der Waals surface area (Å²) < 4.78 is 54.8. The molecule has 0 atom stereocenters. The average Bonchev–Trinajstić information content (AvgIpc) is 2.74. The molecule has 0 saturated heterocycles. The standard InChI is InChI=1S/C22H16Cl2F2N2O3S/c1-2-11-28(20-6-4-3-5-16(20)23)32(30,31)21-12-14(7-9-17(21)24)22(29)27-19-10-8-15(25)13-18(19)26/h2-10,12-13H,1,11H2,(H,27,29). The van der Waals surface area contributed by atoms with E-state index in [4.69, 9.17) is 23.2 Å². The van der Waals surface area contributed by atoms with E-state index in [2.05, 4.69) is 11.9 Å². The van der Waals surface area contributed by atoms with E-state index in [0.717, 1.165) is 22.5 Å². The van der Waals surface area contributed by atoms with E-state index in [1.165, 1.54) is 30.3 Å². The molecule has 0 aliphatic heterocycles. The number of amides is 1. The van der Waals surface area contributed by atoms with Crippen LogP contribution < -0.4 is 9.62 Å². The van der Waals surface area contributed by atoms with Crippen molar-refractivity contribution >= 4 is 50.5 Å². The Balaban J connectivity index is 2.02. The lowest BCUT2D eigenvalue weighted by Gasteiger charge is -2.24. The number of carbonyl (C=O) groups is 1. The first-order valence-corrected chi connectivity index (χ1v) is 11.3. The number of benzene rings is 3. The quantitative estimate of drug-likeness (QED) is 0.413. The number of nitrogens with one attached hydrogen (secondary N) is 1. The molecule has 0 bridgehead atoms. The van der Waals surface area contributed by atoms with Gasteiger partial charge in [0.15, 0.2) is 0 Å². The van der Waals surface area contributed by atoms with Crippen molar-refractivity contribution in [3.63, 3.8) is 0 Å². The van der Waals surface area contributed by atoms with Crippen LogP contribution in [0.3, 0.4) is 0 Å². The first-order valence-electron chi connectivity index (χ1n) is 9.09. The molecular formula is C22H16Cl2F2N2O3S. The number of anilines is 2. The van der Waals surface area contributed by atoms with Gasteiger partial charge < -0.3 is 5.32 Å². The largest absolute Gasteiger partial charge is 0.319 e. The van der Waals surface area contributed by atoms with Crippen LogP contribution in [-0.4, -0.2) is 20.9 Å². The molecule has 5 nitrogen and oxygen atoms in total. The van der Waals surface area contributed by atoms with Gasteiger partial charge in [-0.2, -0.15) is 0 Å². The van der Waals surface area contributed by atoms with Crippen LogP contribution in [0.2, 0.25) is 10.0 Å². The smallest absolute Gasteiger partial charge is 0.266 e. The number of nitrogens with zero attached hydrogens (tertiary/aromatic N) is 1. The summed E-state index contributed by atoms with van der Waals surface area (Å²) in [5.41, 5.74) is -0.164. The monoisotopic (exact) mass is 496 g/mol. The van der Waals surface area contributed by atoms with Gasteiger partial charge >= 0.3 is 0 Å².